The fourth-order valence-corrected chi connectivity index (χ4v) is 3.38. The van der Waals surface area contributed by atoms with Gasteiger partial charge >= 0.3 is 0 Å². The Kier molecular flexibility index (Phi) is 4.24. The second kappa shape index (κ2) is 6.85. The number of nitriles is 1. The number of aromatic amines is 1. The average molecular weight is 342 g/mol. The second-order valence-corrected chi connectivity index (χ2v) is 6.50. The fourth-order valence-electron chi connectivity index (χ4n) is 3.38. The van der Waals surface area contributed by atoms with Gasteiger partial charge in [-0.1, -0.05) is 36.4 Å². The third-order valence-electron chi connectivity index (χ3n) is 4.70. The maximum absolute atomic E-state index is 12.4. The van der Waals surface area contributed by atoms with E-state index in [-0.39, 0.29) is 5.91 Å². The van der Waals surface area contributed by atoms with Crippen LogP contribution in [0.3, 0.4) is 0 Å². The molecule has 0 unspecified atom stereocenters. The van der Waals surface area contributed by atoms with Crippen molar-refractivity contribution < 1.29 is 4.79 Å². The van der Waals surface area contributed by atoms with Crippen LogP contribution in [0.15, 0.2) is 48.5 Å². The molecule has 0 radical (unpaired) electrons. The van der Waals surface area contributed by atoms with Crippen molar-refractivity contribution in [1.29, 1.82) is 5.26 Å². The van der Waals surface area contributed by atoms with Crippen molar-refractivity contribution in [2.24, 2.45) is 0 Å². The smallest absolute Gasteiger partial charge is 0.230 e. The van der Waals surface area contributed by atoms with Crippen molar-refractivity contribution in [3.8, 4) is 17.2 Å². The highest BCUT2D eigenvalue weighted by molar-refractivity contribution is 5.92. The van der Waals surface area contributed by atoms with E-state index in [1.54, 1.807) is 12.1 Å². The molecule has 26 heavy (non-hydrogen) atoms. The van der Waals surface area contributed by atoms with Crippen molar-refractivity contribution >= 4 is 11.7 Å². The largest absolute Gasteiger partial charge is 0.309 e. The number of aromatic nitrogens is 2. The molecule has 1 heterocycles. The van der Waals surface area contributed by atoms with Crippen molar-refractivity contribution in [2.75, 3.05) is 5.32 Å². The van der Waals surface area contributed by atoms with Crippen LogP contribution in [0.25, 0.3) is 11.1 Å². The number of anilines is 1. The minimum Gasteiger partial charge on any atom is -0.309 e. The van der Waals surface area contributed by atoms with Crippen LogP contribution in [0.2, 0.25) is 0 Å². The number of rotatable bonds is 4. The first-order chi connectivity index (χ1) is 12.7. The van der Waals surface area contributed by atoms with Crippen LogP contribution < -0.4 is 5.32 Å². The molecule has 2 aromatic carbocycles. The van der Waals surface area contributed by atoms with Gasteiger partial charge < -0.3 is 5.32 Å². The summed E-state index contributed by atoms with van der Waals surface area (Å²) in [7, 11) is 0. The number of hydrogen-bond acceptors (Lipinski definition) is 3. The Bertz CT molecular complexity index is 996. The highest BCUT2D eigenvalue weighted by Crippen LogP contribution is 2.26. The first-order valence-electron chi connectivity index (χ1n) is 8.68. The summed E-state index contributed by atoms with van der Waals surface area (Å²) in [6, 6.07) is 17.5. The summed E-state index contributed by atoms with van der Waals surface area (Å²) in [6.45, 7) is 0. The van der Waals surface area contributed by atoms with E-state index in [2.05, 4.69) is 21.6 Å². The topological polar surface area (TPSA) is 81.6 Å². The predicted octanol–water partition coefficient (Wildman–Crippen LogP) is 3.62. The molecule has 0 aliphatic heterocycles. The molecule has 128 valence electrons. The molecule has 0 saturated heterocycles. The number of nitrogens with one attached hydrogen (secondary N) is 2. The Balaban J connectivity index is 1.47. The van der Waals surface area contributed by atoms with Gasteiger partial charge in [-0.05, 0) is 48.1 Å². The molecule has 1 aromatic heterocycles. The maximum Gasteiger partial charge on any atom is 0.230 e. The van der Waals surface area contributed by atoms with Gasteiger partial charge in [-0.25, -0.2) is 0 Å². The number of amides is 1. The predicted molar refractivity (Wildman–Crippen MR) is 99.5 cm³/mol. The van der Waals surface area contributed by atoms with Crippen molar-refractivity contribution in [3.05, 3.63) is 70.9 Å². The molecule has 3 aromatic rings. The summed E-state index contributed by atoms with van der Waals surface area (Å²) in [6.07, 6.45) is 3.38. The quantitative estimate of drug-likeness (QED) is 0.760. The molecule has 4 rings (SSSR count). The monoisotopic (exact) mass is 342 g/mol. The third kappa shape index (κ3) is 3.22. The van der Waals surface area contributed by atoms with Gasteiger partial charge in [0.1, 0.15) is 0 Å². The van der Waals surface area contributed by atoms with E-state index in [9.17, 15) is 4.79 Å². The normalized spacial score (nSPS) is 12.4. The number of nitrogens with zero attached hydrogens (tertiary/aromatic N) is 2. The summed E-state index contributed by atoms with van der Waals surface area (Å²) in [5.74, 6) is 0.605. The SMILES string of the molecule is N#Cc1ccc(-c2cccc(CC(=O)Nc3n[nH]c4c3CCC4)c2)cc1. The van der Waals surface area contributed by atoms with E-state index in [1.165, 1.54) is 0 Å². The number of carbonyl (C=O) groups is 1. The van der Waals surface area contributed by atoms with E-state index in [0.29, 0.717) is 17.8 Å². The number of aryl methyl sites for hydroxylation is 1. The van der Waals surface area contributed by atoms with Crippen LogP contribution in [-0.4, -0.2) is 16.1 Å². The van der Waals surface area contributed by atoms with Crippen molar-refractivity contribution in [1.82, 2.24) is 10.2 Å². The second-order valence-electron chi connectivity index (χ2n) is 6.50. The lowest BCUT2D eigenvalue weighted by atomic mass is 10.0. The van der Waals surface area contributed by atoms with Crippen LogP contribution >= 0.6 is 0 Å². The zero-order chi connectivity index (χ0) is 17.9. The molecule has 0 spiro atoms. The summed E-state index contributed by atoms with van der Waals surface area (Å²) in [5.41, 5.74) is 5.91. The molecule has 1 amide bonds. The Morgan fingerprint density at radius 2 is 2.00 bits per heavy atom. The summed E-state index contributed by atoms with van der Waals surface area (Å²) in [5, 5.41) is 19.1. The lowest BCUT2D eigenvalue weighted by molar-refractivity contribution is -0.115. The molecule has 1 aliphatic carbocycles. The van der Waals surface area contributed by atoms with Gasteiger partial charge in [0.25, 0.3) is 0 Å². The van der Waals surface area contributed by atoms with E-state index < -0.39 is 0 Å². The summed E-state index contributed by atoms with van der Waals surface area (Å²) < 4.78 is 0. The zero-order valence-electron chi connectivity index (χ0n) is 14.2. The molecule has 0 atom stereocenters. The number of fused-ring (bicyclic) bond motifs is 1. The van der Waals surface area contributed by atoms with Gasteiger partial charge in [-0.15, -0.1) is 0 Å². The van der Waals surface area contributed by atoms with Gasteiger partial charge in [0.05, 0.1) is 18.1 Å². The van der Waals surface area contributed by atoms with Crippen LogP contribution in [-0.2, 0) is 24.1 Å². The van der Waals surface area contributed by atoms with E-state index in [0.717, 1.165) is 47.2 Å². The first kappa shape index (κ1) is 16.1. The molecule has 5 nitrogen and oxygen atoms in total. The zero-order valence-corrected chi connectivity index (χ0v) is 14.2. The van der Waals surface area contributed by atoms with Gasteiger partial charge in [-0.2, -0.15) is 10.4 Å². The lowest BCUT2D eigenvalue weighted by Crippen LogP contribution is -2.15. The third-order valence-corrected chi connectivity index (χ3v) is 4.70. The van der Waals surface area contributed by atoms with Crippen LogP contribution in [0, 0.1) is 11.3 Å². The molecular weight excluding hydrogens is 324 g/mol. The Morgan fingerprint density at radius 3 is 2.81 bits per heavy atom. The highest BCUT2D eigenvalue weighted by atomic mass is 16.1. The van der Waals surface area contributed by atoms with Crippen LogP contribution in [0.1, 0.15) is 28.8 Å². The minimum absolute atomic E-state index is 0.0665. The van der Waals surface area contributed by atoms with Crippen LogP contribution in [0.4, 0.5) is 5.82 Å². The Hall–Kier alpha value is -3.39. The van der Waals surface area contributed by atoms with Crippen molar-refractivity contribution in [2.45, 2.75) is 25.7 Å². The van der Waals surface area contributed by atoms with Crippen molar-refractivity contribution in [3.63, 3.8) is 0 Å². The fraction of sp³-hybridized carbons (Fsp3) is 0.190. The van der Waals surface area contributed by atoms with Gasteiger partial charge in [0, 0.05) is 11.3 Å². The Labute approximate surface area is 151 Å². The molecule has 1 aliphatic rings. The lowest BCUT2D eigenvalue weighted by Gasteiger charge is -2.07. The highest BCUT2D eigenvalue weighted by Gasteiger charge is 2.19. The number of benzene rings is 2. The summed E-state index contributed by atoms with van der Waals surface area (Å²) >= 11 is 0. The molecule has 0 bridgehead atoms. The maximum atomic E-state index is 12.4. The van der Waals surface area contributed by atoms with Gasteiger partial charge in [0.15, 0.2) is 5.82 Å². The molecule has 2 N–H and O–H groups in total. The molecular formula is C21H18N4O. The molecule has 0 fully saturated rings. The van der Waals surface area contributed by atoms with E-state index in [4.69, 9.17) is 5.26 Å². The van der Waals surface area contributed by atoms with E-state index in [1.807, 2.05) is 36.4 Å². The van der Waals surface area contributed by atoms with Gasteiger partial charge in [-0.3, -0.25) is 9.89 Å². The molecule has 0 saturated carbocycles. The number of carbonyl (C=O) groups excluding carboxylic acids is 1. The van der Waals surface area contributed by atoms with Gasteiger partial charge in [0.2, 0.25) is 5.91 Å². The average Bonchev–Trinajstić information content (AvgIpc) is 3.27. The minimum atomic E-state index is -0.0665. The standard InChI is InChI=1S/C21H18N4O/c22-13-14-7-9-16(10-8-14)17-4-1-3-15(11-17)12-20(26)23-21-18-5-2-6-19(18)24-25-21/h1,3-4,7-11H,2,5-6,12H2,(H2,23,24,25,26). The van der Waals surface area contributed by atoms with E-state index >= 15 is 0 Å². The van der Waals surface area contributed by atoms with Crippen LogP contribution in [0.5, 0.6) is 0 Å². The number of H-pyrrole nitrogens is 1. The molecule has 5 heteroatoms. The Morgan fingerprint density at radius 1 is 1.15 bits per heavy atom. The number of hydrogen-bond donors (Lipinski definition) is 2. The first-order valence-corrected chi connectivity index (χ1v) is 8.68. The summed E-state index contributed by atoms with van der Waals surface area (Å²) in [4.78, 5) is 12.4.